The molecule has 2 nitrogen and oxygen atoms in total. The summed E-state index contributed by atoms with van der Waals surface area (Å²) >= 11 is 0. The van der Waals surface area contributed by atoms with Crippen molar-refractivity contribution in [2.24, 2.45) is 11.7 Å². The summed E-state index contributed by atoms with van der Waals surface area (Å²) < 4.78 is 13.3. The first-order valence-electron chi connectivity index (χ1n) is 6.79. The van der Waals surface area contributed by atoms with Crippen LogP contribution in [0.15, 0.2) is 18.2 Å². The average Bonchev–Trinajstić information content (AvgIpc) is 2.36. The normalized spacial score (nSPS) is 25.3. The Morgan fingerprint density at radius 3 is 2.94 bits per heavy atom. The van der Waals surface area contributed by atoms with Gasteiger partial charge in [-0.15, -0.1) is 0 Å². The van der Waals surface area contributed by atoms with Crippen molar-refractivity contribution in [1.82, 2.24) is 4.90 Å². The molecule has 0 radical (unpaired) electrons. The van der Waals surface area contributed by atoms with Crippen LogP contribution in [0.4, 0.5) is 4.39 Å². The fraction of sp³-hybridized carbons (Fsp3) is 0.600. The molecule has 1 aromatic carbocycles. The van der Waals surface area contributed by atoms with Crippen molar-refractivity contribution in [3.63, 3.8) is 0 Å². The van der Waals surface area contributed by atoms with E-state index in [0.29, 0.717) is 12.6 Å². The Morgan fingerprint density at radius 2 is 2.22 bits per heavy atom. The third-order valence-corrected chi connectivity index (χ3v) is 4.06. The molecule has 1 aliphatic rings. The molecular formula is C15H23FN2. The van der Waals surface area contributed by atoms with Gasteiger partial charge in [0.25, 0.3) is 0 Å². The highest BCUT2D eigenvalue weighted by Gasteiger charge is 2.25. The summed E-state index contributed by atoms with van der Waals surface area (Å²) in [6.45, 7) is 6.90. The molecule has 1 aliphatic heterocycles. The average molecular weight is 250 g/mol. The molecule has 2 N–H and O–H groups in total. The highest BCUT2D eigenvalue weighted by atomic mass is 19.1. The van der Waals surface area contributed by atoms with Crippen molar-refractivity contribution < 1.29 is 4.39 Å². The maximum absolute atomic E-state index is 13.3. The Bertz CT molecular complexity index is 405. The summed E-state index contributed by atoms with van der Waals surface area (Å²) in [6, 6.07) is 5.48. The van der Waals surface area contributed by atoms with E-state index >= 15 is 0 Å². The number of benzene rings is 1. The first-order chi connectivity index (χ1) is 8.60. The lowest BCUT2D eigenvalue weighted by Gasteiger charge is -2.38. The molecule has 18 heavy (non-hydrogen) atoms. The molecule has 1 heterocycles. The van der Waals surface area contributed by atoms with E-state index < -0.39 is 0 Å². The van der Waals surface area contributed by atoms with E-state index in [4.69, 9.17) is 5.73 Å². The summed E-state index contributed by atoms with van der Waals surface area (Å²) in [5.74, 6) is 0.605. The van der Waals surface area contributed by atoms with E-state index in [1.54, 1.807) is 6.07 Å². The number of nitrogens with zero attached hydrogens (tertiary/aromatic N) is 1. The van der Waals surface area contributed by atoms with Crippen LogP contribution in [-0.2, 0) is 6.54 Å². The summed E-state index contributed by atoms with van der Waals surface area (Å²) in [6.07, 6.45) is 2.37. The fourth-order valence-electron chi connectivity index (χ4n) is 2.78. The van der Waals surface area contributed by atoms with E-state index in [0.717, 1.165) is 36.6 Å². The Morgan fingerprint density at radius 1 is 1.44 bits per heavy atom. The van der Waals surface area contributed by atoms with Crippen LogP contribution in [0.3, 0.4) is 0 Å². The van der Waals surface area contributed by atoms with Gasteiger partial charge in [-0.3, -0.25) is 4.90 Å². The van der Waals surface area contributed by atoms with Crippen LogP contribution in [0.25, 0.3) is 0 Å². The summed E-state index contributed by atoms with van der Waals surface area (Å²) in [5.41, 5.74) is 8.11. The molecule has 2 unspecified atom stereocenters. The maximum atomic E-state index is 13.3. The lowest BCUT2D eigenvalue weighted by molar-refractivity contribution is 0.115. The van der Waals surface area contributed by atoms with Crippen molar-refractivity contribution in [1.29, 1.82) is 0 Å². The Labute approximate surface area is 109 Å². The fourth-order valence-corrected chi connectivity index (χ4v) is 2.78. The lowest BCUT2D eigenvalue weighted by Crippen LogP contribution is -2.45. The molecule has 0 aliphatic carbocycles. The quantitative estimate of drug-likeness (QED) is 0.893. The summed E-state index contributed by atoms with van der Waals surface area (Å²) in [4.78, 5) is 2.40. The smallest absolute Gasteiger partial charge is 0.123 e. The number of piperidine rings is 1. The lowest BCUT2D eigenvalue weighted by atomic mass is 9.92. The van der Waals surface area contributed by atoms with Crippen LogP contribution in [0, 0.1) is 18.7 Å². The summed E-state index contributed by atoms with van der Waals surface area (Å²) in [5, 5.41) is 0. The molecule has 0 saturated carbocycles. The van der Waals surface area contributed by atoms with Crippen LogP contribution < -0.4 is 5.73 Å². The molecule has 2 atom stereocenters. The number of nitrogens with two attached hydrogens (primary N) is 1. The van der Waals surface area contributed by atoms with Gasteiger partial charge >= 0.3 is 0 Å². The Kier molecular flexibility index (Phi) is 4.36. The predicted octanol–water partition coefficient (Wildman–Crippen LogP) is 2.69. The van der Waals surface area contributed by atoms with E-state index in [2.05, 4.69) is 11.8 Å². The standard InChI is InChI=1S/C15H23FN2/c1-11-5-6-18(15(7-11)9-17)10-13-8-14(16)4-3-12(13)2/h3-4,8,11,15H,5-7,9-10,17H2,1-2H3. The molecule has 1 aromatic rings. The summed E-state index contributed by atoms with van der Waals surface area (Å²) in [7, 11) is 0. The zero-order chi connectivity index (χ0) is 13.1. The van der Waals surface area contributed by atoms with Crippen molar-refractivity contribution in [3.05, 3.63) is 35.1 Å². The molecule has 1 fully saturated rings. The van der Waals surface area contributed by atoms with Gasteiger partial charge in [-0.25, -0.2) is 4.39 Å². The third kappa shape index (κ3) is 3.09. The largest absolute Gasteiger partial charge is 0.329 e. The molecule has 0 bridgehead atoms. The van der Waals surface area contributed by atoms with Gasteiger partial charge in [-0.1, -0.05) is 13.0 Å². The first kappa shape index (κ1) is 13.5. The van der Waals surface area contributed by atoms with Gasteiger partial charge in [0, 0.05) is 19.1 Å². The van der Waals surface area contributed by atoms with Gasteiger partial charge in [0.1, 0.15) is 5.82 Å². The number of rotatable bonds is 3. The second-order valence-electron chi connectivity index (χ2n) is 5.56. The zero-order valence-electron chi connectivity index (χ0n) is 11.3. The molecule has 0 aromatic heterocycles. The minimum Gasteiger partial charge on any atom is -0.329 e. The second-order valence-corrected chi connectivity index (χ2v) is 5.56. The van der Waals surface area contributed by atoms with E-state index in [9.17, 15) is 4.39 Å². The SMILES string of the molecule is Cc1ccc(F)cc1CN1CCC(C)CC1CN. The van der Waals surface area contributed by atoms with Gasteiger partial charge in [0.2, 0.25) is 0 Å². The van der Waals surface area contributed by atoms with E-state index in [1.165, 1.54) is 12.5 Å². The van der Waals surface area contributed by atoms with Crippen molar-refractivity contribution in [3.8, 4) is 0 Å². The molecule has 3 heteroatoms. The van der Waals surface area contributed by atoms with E-state index in [-0.39, 0.29) is 5.82 Å². The second kappa shape index (κ2) is 5.81. The molecule has 0 amide bonds. The molecule has 100 valence electrons. The minimum atomic E-state index is -0.148. The van der Waals surface area contributed by atoms with Gasteiger partial charge in [0.05, 0.1) is 0 Å². The van der Waals surface area contributed by atoms with Crippen LogP contribution >= 0.6 is 0 Å². The number of hydrogen-bond donors (Lipinski definition) is 1. The predicted molar refractivity (Wildman–Crippen MR) is 72.8 cm³/mol. The molecular weight excluding hydrogens is 227 g/mol. The van der Waals surface area contributed by atoms with Crippen molar-refractivity contribution in [2.45, 2.75) is 39.3 Å². The highest BCUT2D eigenvalue weighted by molar-refractivity contribution is 5.26. The van der Waals surface area contributed by atoms with Gasteiger partial charge in [-0.2, -0.15) is 0 Å². The first-order valence-corrected chi connectivity index (χ1v) is 6.79. The van der Waals surface area contributed by atoms with Gasteiger partial charge < -0.3 is 5.73 Å². The Hall–Kier alpha value is -0.930. The van der Waals surface area contributed by atoms with Crippen molar-refractivity contribution in [2.75, 3.05) is 13.1 Å². The zero-order valence-corrected chi connectivity index (χ0v) is 11.3. The van der Waals surface area contributed by atoms with Gasteiger partial charge in [0.15, 0.2) is 0 Å². The Balaban J connectivity index is 2.10. The van der Waals surface area contributed by atoms with Crippen LogP contribution in [0.2, 0.25) is 0 Å². The highest BCUT2D eigenvalue weighted by Crippen LogP contribution is 2.24. The molecule has 1 saturated heterocycles. The maximum Gasteiger partial charge on any atom is 0.123 e. The number of likely N-dealkylation sites (tertiary alicyclic amines) is 1. The van der Waals surface area contributed by atoms with E-state index in [1.807, 2.05) is 13.0 Å². The molecule has 0 spiro atoms. The topological polar surface area (TPSA) is 29.3 Å². The van der Waals surface area contributed by atoms with Crippen molar-refractivity contribution >= 4 is 0 Å². The minimum absolute atomic E-state index is 0.148. The van der Waals surface area contributed by atoms with Crippen LogP contribution in [0.1, 0.15) is 30.9 Å². The number of hydrogen-bond acceptors (Lipinski definition) is 2. The monoisotopic (exact) mass is 250 g/mol. The van der Waals surface area contributed by atoms with Gasteiger partial charge in [-0.05, 0) is 55.5 Å². The number of halogens is 1. The third-order valence-electron chi connectivity index (χ3n) is 4.06. The number of aryl methyl sites for hydroxylation is 1. The molecule has 2 rings (SSSR count). The van der Waals surface area contributed by atoms with Crippen LogP contribution in [-0.4, -0.2) is 24.0 Å². The van der Waals surface area contributed by atoms with Crippen LogP contribution in [0.5, 0.6) is 0 Å².